The highest BCUT2D eigenvalue weighted by Crippen LogP contribution is 2.31. The number of aliphatic carboxylic acids is 1. The Morgan fingerprint density at radius 1 is 0.962 bits per heavy atom. The lowest BCUT2D eigenvalue weighted by molar-refractivity contribution is -0.147. The molecular weight excluding hydrogens is 336 g/mol. The Bertz CT molecular complexity index is 800. The first-order valence-electron chi connectivity index (χ1n) is 8.53. The quantitative estimate of drug-likeness (QED) is 0.761. The van der Waals surface area contributed by atoms with Crippen molar-refractivity contribution in [3.05, 3.63) is 48.4 Å². The highest BCUT2D eigenvalue weighted by Gasteiger charge is 2.35. The molecule has 2 amide bonds. The van der Waals surface area contributed by atoms with Gasteiger partial charge in [0.2, 0.25) is 5.91 Å². The molecule has 1 aliphatic rings. The van der Waals surface area contributed by atoms with Gasteiger partial charge in [-0.15, -0.1) is 0 Å². The molecule has 2 aromatic rings. The monoisotopic (exact) mass is 356 g/mol. The molecule has 136 valence electrons. The number of amides is 2. The summed E-state index contributed by atoms with van der Waals surface area (Å²) in [7, 11) is 0. The molecule has 3 rings (SSSR count). The molecule has 2 atom stereocenters. The minimum Gasteiger partial charge on any atom is -0.481 e. The molecule has 0 saturated heterocycles. The van der Waals surface area contributed by atoms with Gasteiger partial charge in [0.25, 0.3) is 5.91 Å². The standard InChI is InChI=1S/C19H20N2O5/c22-17(14-7-1-2-8-15(14)19(24)25)20-12-5-3-6-13(11-12)21-18(23)16-9-4-10-26-16/h3-6,9-11,14-15H,1-2,7-8H2,(H,20,22)(H,21,23)(H,24,25). The van der Waals surface area contributed by atoms with E-state index >= 15 is 0 Å². The number of carboxylic acid groups (broad SMARTS) is 1. The normalized spacial score (nSPS) is 19.5. The van der Waals surface area contributed by atoms with E-state index in [1.807, 2.05) is 0 Å². The van der Waals surface area contributed by atoms with Crippen molar-refractivity contribution in [1.29, 1.82) is 0 Å². The summed E-state index contributed by atoms with van der Waals surface area (Å²) in [6.07, 6.45) is 4.18. The van der Waals surface area contributed by atoms with Crippen LogP contribution in [0.4, 0.5) is 11.4 Å². The molecule has 1 saturated carbocycles. The largest absolute Gasteiger partial charge is 0.481 e. The number of nitrogens with one attached hydrogen (secondary N) is 2. The van der Waals surface area contributed by atoms with Crippen LogP contribution >= 0.6 is 0 Å². The fourth-order valence-electron chi connectivity index (χ4n) is 3.25. The second kappa shape index (κ2) is 7.86. The van der Waals surface area contributed by atoms with E-state index in [9.17, 15) is 19.5 Å². The Morgan fingerprint density at radius 2 is 1.65 bits per heavy atom. The first kappa shape index (κ1) is 17.7. The minimum atomic E-state index is -0.927. The molecule has 0 bridgehead atoms. The second-order valence-electron chi connectivity index (χ2n) is 6.34. The van der Waals surface area contributed by atoms with Crippen LogP contribution in [0.15, 0.2) is 47.1 Å². The van der Waals surface area contributed by atoms with Gasteiger partial charge >= 0.3 is 5.97 Å². The van der Waals surface area contributed by atoms with Gasteiger partial charge in [-0.1, -0.05) is 18.9 Å². The van der Waals surface area contributed by atoms with E-state index < -0.39 is 23.7 Å². The SMILES string of the molecule is O=C(Nc1cccc(NC(=O)C2CCCCC2C(=O)O)c1)c1ccco1. The summed E-state index contributed by atoms with van der Waals surface area (Å²) in [6.45, 7) is 0. The van der Waals surface area contributed by atoms with Crippen LogP contribution in [-0.4, -0.2) is 22.9 Å². The summed E-state index contributed by atoms with van der Waals surface area (Å²) >= 11 is 0. The van der Waals surface area contributed by atoms with Crippen molar-refractivity contribution in [1.82, 2.24) is 0 Å². The average molecular weight is 356 g/mol. The van der Waals surface area contributed by atoms with E-state index in [-0.39, 0.29) is 11.7 Å². The van der Waals surface area contributed by atoms with Gasteiger partial charge in [0.15, 0.2) is 5.76 Å². The maximum absolute atomic E-state index is 12.5. The van der Waals surface area contributed by atoms with Gasteiger partial charge < -0.3 is 20.2 Å². The van der Waals surface area contributed by atoms with E-state index in [2.05, 4.69) is 10.6 Å². The number of carbonyl (C=O) groups is 3. The number of anilines is 2. The summed E-state index contributed by atoms with van der Waals surface area (Å²) in [6, 6.07) is 9.88. The van der Waals surface area contributed by atoms with Crippen molar-refractivity contribution >= 4 is 29.2 Å². The molecular formula is C19H20N2O5. The van der Waals surface area contributed by atoms with Gasteiger partial charge in [0.1, 0.15) is 0 Å². The Morgan fingerprint density at radius 3 is 2.31 bits per heavy atom. The van der Waals surface area contributed by atoms with Crippen LogP contribution in [0.2, 0.25) is 0 Å². The molecule has 1 aromatic carbocycles. The van der Waals surface area contributed by atoms with Crippen molar-refractivity contribution < 1.29 is 23.9 Å². The number of hydrogen-bond donors (Lipinski definition) is 3. The lowest BCUT2D eigenvalue weighted by Gasteiger charge is -2.27. The Labute approximate surface area is 150 Å². The van der Waals surface area contributed by atoms with Gasteiger partial charge in [-0.2, -0.15) is 0 Å². The predicted molar refractivity (Wildman–Crippen MR) is 94.8 cm³/mol. The van der Waals surface area contributed by atoms with Gasteiger partial charge in [0.05, 0.1) is 18.1 Å². The molecule has 1 heterocycles. The van der Waals surface area contributed by atoms with Crippen LogP contribution in [0.25, 0.3) is 0 Å². The summed E-state index contributed by atoms with van der Waals surface area (Å²) in [4.78, 5) is 35.9. The molecule has 0 spiro atoms. The molecule has 1 fully saturated rings. The zero-order chi connectivity index (χ0) is 18.5. The van der Waals surface area contributed by atoms with Crippen molar-refractivity contribution in [3.8, 4) is 0 Å². The maximum atomic E-state index is 12.5. The van der Waals surface area contributed by atoms with Gasteiger partial charge in [-0.25, -0.2) is 0 Å². The fraction of sp³-hybridized carbons (Fsp3) is 0.316. The van der Waals surface area contributed by atoms with Crippen molar-refractivity contribution in [2.45, 2.75) is 25.7 Å². The van der Waals surface area contributed by atoms with Crippen LogP contribution in [0.3, 0.4) is 0 Å². The number of carboxylic acids is 1. The van der Waals surface area contributed by atoms with Crippen molar-refractivity contribution in [2.24, 2.45) is 11.8 Å². The molecule has 7 nitrogen and oxygen atoms in total. The molecule has 7 heteroatoms. The lowest BCUT2D eigenvalue weighted by Crippen LogP contribution is -2.36. The van der Waals surface area contributed by atoms with E-state index in [4.69, 9.17) is 4.42 Å². The molecule has 0 radical (unpaired) electrons. The smallest absolute Gasteiger partial charge is 0.307 e. The molecule has 1 aromatic heterocycles. The van der Waals surface area contributed by atoms with Crippen LogP contribution in [0, 0.1) is 11.8 Å². The van der Waals surface area contributed by atoms with Gasteiger partial charge in [0, 0.05) is 11.4 Å². The molecule has 26 heavy (non-hydrogen) atoms. The van der Waals surface area contributed by atoms with E-state index in [0.717, 1.165) is 12.8 Å². The highest BCUT2D eigenvalue weighted by atomic mass is 16.4. The molecule has 0 aliphatic heterocycles. The number of rotatable bonds is 5. The second-order valence-corrected chi connectivity index (χ2v) is 6.34. The summed E-state index contributed by atoms with van der Waals surface area (Å²) in [5.74, 6) is -2.62. The predicted octanol–water partition coefficient (Wildman–Crippen LogP) is 3.36. The van der Waals surface area contributed by atoms with Crippen LogP contribution in [-0.2, 0) is 9.59 Å². The van der Waals surface area contributed by atoms with Gasteiger partial charge in [-0.05, 0) is 43.2 Å². The topological polar surface area (TPSA) is 109 Å². The number of benzene rings is 1. The third-order valence-corrected chi connectivity index (χ3v) is 4.55. The fourth-order valence-corrected chi connectivity index (χ4v) is 3.25. The third-order valence-electron chi connectivity index (χ3n) is 4.55. The summed E-state index contributed by atoms with van der Waals surface area (Å²) in [5, 5.41) is 14.8. The van der Waals surface area contributed by atoms with E-state index in [1.165, 1.54) is 6.26 Å². The number of furan rings is 1. The summed E-state index contributed by atoms with van der Waals surface area (Å²) in [5.41, 5.74) is 1.00. The third kappa shape index (κ3) is 4.11. The summed E-state index contributed by atoms with van der Waals surface area (Å²) < 4.78 is 5.04. The maximum Gasteiger partial charge on any atom is 0.307 e. The van der Waals surface area contributed by atoms with Crippen molar-refractivity contribution in [3.63, 3.8) is 0 Å². The first-order chi connectivity index (χ1) is 12.5. The number of carbonyl (C=O) groups excluding carboxylic acids is 2. The molecule has 3 N–H and O–H groups in total. The van der Waals surface area contributed by atoms with Gasteiger partial charge in [-0.3, -0.25) is 14.4 Å². The Kier molecular flexibility index (Phi) is 5.36. The zero-order valence-corrected chi connectivity index (χ0v) is 14.1. The number of hydrogen-bond acceptors (Lipinski definition) is 4. The molecule has 1 aliphatic carbocycles. The van der Waals surface area contributed by atoms with E-state index in [1.54, 1.807) is 36.4 Å². The Hall–Kier alpha value is -3.09. The van der Waals surface area contributed by atoms with E-state index in [0.29, 0.717) is 24.2 Å². The van der Waals surface area contributed by atoms with Crippen LogP contribution in [0.1, 0.15) is 36.2 Å². The lowest BCUT2D eigenvalue weighted by atomic mass is 9.78. The van der Waals surface area contributed by atoms with Crippen LogP contribution in [0.5, 0.6) is 0 Å². The zero-order valence-electron chi connectivity index (χ0n) is 14.1. The first-order valence-corrected chi connectivity index (χ1v) is 8.53. The van der Waals surface area contributed by atoms with Crippen molar-refractivity contribution in [2.75, 3.05) is 10.6 Å². The van der Waals surface area contributed by atoms with Crippen LogP contribution < -0.4 is 10.6 Å². The Balaban J connectivity index is 1.67. The highest BCUT2D eigenvalue weighted by molar-refractivity contribution is 6.03. The minimum absolute atomic E-state index is 0.186. The average Bonchev–Trinajstić information content (AvgIpc) is 3.17. The molecule has 2 unspecified atom stereocenters.